The minimum Gasteiger partial charge on any atom is -0.458 e. The van der Waals surface area contributed by atoms with Crippen molar-refractivity contribution in [1.82, 2.24) is 5.32 Å². The van der Waals surface area contributed by atoms with Crippen molar-refractivity contribution in [2.75, 3.05) is 0 Å². The van der Waals surface area contributed by atoms with Crippen molar-refractivity contribution in [2.24, 2.45) is 0 Å². The van der Waals surface area contributed by atoms with Gasteiger partial charge in [-0.15, -0.1) is 0 Å². The van der Waals surface area contributed by atoms with Gasteiger partial charge in [-0.3, -0.25) is 4.79 Å². The van der Waals surface area contributed by atoms with Crippen molar-refractivity contribution in [3.05, 3.63) is 83.5 Å². The zero-order valence-corrected chi connectivity index (χ0v) is 15.6. The highest BCUT2D eigenvalue weighted by Gasteiger charge is 2.29. The molecular formula is C22H24BNO2. The summed E-state index contributed by atoms with van der Waals surface area (Å²) in [6.07, 6.45) is 12.0. The lowest BCUT2D eigenvalue weighted by molar-refractivity contribution is -0.114. The lowest BCUT2D eigenvalue weighted by atomic mass is 9.72. The van der Waals surface area contributed by atoms with E-state index in [0.29, 0.717) is 6.42 Å². The van der Waals surface area contributed by atoms with Crippen LogP contribution >= 0.6 is 0 Å². The number of hydrogen-bond donors (Lipinski definition) is 1. The molecule has 1 N–H and O–H groups in total. The van der Waals surface area contributed by atoms with E-state index in [4.69, 9.17) is 4.74 Å². The molecule has 3 rings (SSSR count). The van der Waals surface area contributed by atoms with Crippen LogP contribution in [0.25, 0.3) is 5.57 Å². The molecule has 1 unspecified atom stereocenters. The van der Waals surface area contributed by atoms with Crippen LogP contribution in [0.4, 0.5) is 0 Å². The molecule has 3 nitrogen and oxygen atoms in total. The molecule has 2 aliphatic rings. The molecule has 0 bridgehead atoms. The number of dihydropyridines is 1. The van der Waals surface area contributed by atoms with Gasteiger partial charge in [0.2, 0.25) is 0 Å². The number of nitrogens with one attached hydrogen (secondary N) is 1. The number of benzene rings is 1. The van der Waals surface area contributed by atoms with E-state index >= 15 is 0 Å². The molecule has 132 valence electrons. The van der Waals surface area contributed by atoms with Crippen molar-refractivity contribution in [1.29, 1.82) is 0 Å². The van der Waals surface area contributed by atoms with Gasteiger partial charge in [-0.2, -0.15) is 0 Å². The topological polar surface area (TPSA) is 38.3 Å². The molecule has 2 aliphatic heterocycles. The zero-order chi connectivity index (χ0) is 18.5. The number of hydrogen-bond acceptors (Lipinski definition) is 3. The molecule has 0 saturated heterocycles. The third-order valence-corrected chi connectivity index (χ3v) is 4.65. The molecule has 0 spiro atoms. The second kappa shape index (κ2) is 8.09. The highest BCUT2D eigenvalue weighted by molar-refractivity contribution is 6.51. The van der Waals surface area contributed by atoms with Gasteiger partial charge in [-0.25, -0.2) is 0 Å². The second-order valence-electron chi connectivity index (χ2n) is 6.34. The number of carbonyl (C=O) groups is 1. The van der Waals surface area contributed by atoms with E-state index in [1.165, 1.54) is 5.46 Å². The van der Waals surface area contributed by atoms with E-state index in [1.807, 2.05) is 32.2 Å². The number of ether oxygens (including phenoxy) is 1. The zero-order valence-electron chi connectivity index (χ0n) is 15.6. The SMILES string of the molecule is CBc1cccc(C2=C3OC(C(/C=C\C(=O)CC)=C/C)=CC3NC=C2)c1. The average Bonchev–Trinajstić information content (AvgIpc) is 3.12. The van der Waals surface area contributed by atoms with Gasteiger partial charge in [0, 0.05) is 17.6 Å². The fourth-order valence-corrected chi connectivity index (χ4v) is 3.08. The van der Waals surface area contributed by atoms with Gasteiger partial charge in [-0.1, -0.05) is 49.6 Å². The Hall–Kier alpha value is -2.75. The van der Waals surface area contributed by atoms with Gasteiger partial charge in [-0.05, 0) is 43.0 Å². The standard InChI is InChI=1S/C22H24BNO2/c1-4-15(9-10-18(25)5-2)21-14-20-22(26-21)19(11-12-24-20)16-7-6-8-17(13-16)23-3/h4,6-14,20,23-24H,5H2,1-3H3/b10-9-,15-4+. The summed E-state index contributed by atoms with van der Waals surface area (Å²) < 4.78 is 6.22. The monoisotopic (exact) mass is 345 g/mol. The van der Waals surface area contributed by atoms with Gasteiger partial charge in [0.05, 0.1) is 0 Å². The molecule has 26 heavy (non-hydrogen) atoms. The normalized spacial score (nSPS) is 19.1. The van der Waals surface area contributed by atoms with Crippen LogP contribution in [-0.4, -0.2) is 19.1 Å². The molecule has 1 aromatic carbocycles. The molecule has 0 aliphatic carbocycles. The average molecular weight is 345 g/mol. The summed E-state index contributed by atoms with van der Waals surface area (Å²) in [5.41, 5.74) is 4.48. The highest BCUT2D eigenvalue weighted by Crippen LogP contribution is 2.35. The van der Waals surface area contributed by atoms with Gasteiger partial charge >= 0.3 is 0 Å². The maximum atomic E-state index is 11.6. The number of ketones is 1. The first kappa shape index (κ1) is 18.1. The summed E-state index contributed by atoms with van der Waals surface area (Å²) in [6, 6.07) is 8.58. The Balaban J connectivity index is 1.90. The van der Waals surface area contributed by atoms with Crippen LogP contribution in [0.3, 0.4) is 0 Å². The fraction of sp³-hybridized carbons (Fsp3) is 0.227. The van der Waals surface area contributed by atoms with Crippen LogP contribution in [-0.2, 0) is 9.53 Å². The van der Waals surface area contributed by atoms with Crippen LogP contribution in [0.15, 0.2) is 77.9 Å². The van der Waals surface area contributed by atoms with E-state index in [-0.39, 0.29) is 11.8 Å². The Bertz CT molecular complexity index is 859. The molecule has 0 amide bonds. The van der Waals surface area contributed by atoms with E-state index in [0.717, 1.165) is 35.5 Å². The Morgan fingerprint density at radius 3 is 2.92 bits per heavy atom. The van der Waals surface area contributed by atoms with Crippen molar-refractivity contribution in [3.8, 4) is 0 Å². The summed E-state index contributed by atoms with van der Waals surface area (Å²) in [6.45, 7) is 5.97. The lowest BCUT2D eigenvalue weighted by Gasteiger charge is -2.19. The first-order chi connectivity index (χ1) is 12.7. The minimum atomic E-state index is 0.0144. The van der Waals surface area contributed by atoms with Crippen molar-refractivity contribution in [3.63, 3.8) is 0 Å². The summed E-state index contributed by atoms with van der Waals surface area (Å²) in [5, 5.41) is 3.34. The van der Waals surface area contributed by atoms with Crippen LogP contribution in [0.1, 0.15) is 25.8 Å². The molecule has 1 atom stereocenters. The molecular weight excluding hydrogens is 321 g/mol. The summed E-state index contributed by atoms with van der Waals surface area (Å²) in [7, 11) is 1.01. The van der Waals surface area contributed by atoms with Crippen LogP contribution in [0.2, 0.25) is 6.82 Å². The predicted octanol–water partition coefficient (Wildman–Crippen LogP) is 3.39. The number of carbonyl (C=O) groups excluding carboxylic acids is 1. The highest BCUT2D eigenvalue weighted by atomic mass is 16.5. The summed E-state index contributed by atoms with van der Waals surface area (Å²) in [4.78, 5) is 11.6. The fourth-order valence-electron chi connectivity index (χ4n) is 3.08. The molecule has 0 saturated carbocycles. The van der Waals surface area contributed by atoms with E-state index < -0.39 is 0 Å². The predicted molar refractivity (Wildman–Crippen MR) is 109 cm³/mol. The molecule has 4 heteroatoms. The minimum absolute atomic E-state index is 0.0144. The summed E-state index contributed by atoms with van der Waals surface area (Å²) in [5.74, 6) is 1.80. The maximum absolute atomic E-state index is 11.6. The largest absolute Gasteiger partial charge is 0.458 e. The Morgan fingerprint density at radius 1 is 1.35 bits per heavy atom. The van der Waals surface area contributed by atoms with Crippen LogP contribution in [0, 0.1) is 0 Å². The molecule has 2 heterocycles. The molecule has 0 fully saturated rings. The first-order valence-electron chi connectivity index (χ1n) is 9.19. The Morgan fingerprint density at radius 2 is 2.19 bits per heavy atom. The van der Waals surface area contributed by atoms with Crippen molar-refractivity contribution < 1.29 is 9.53 Å². The van der Waals surface area contributed by atoms with E-state index in [1.54, 1.807) is 6.08 Å². The van der Waals surface area contributed by atoms with Crippen LogP contribution in [0.5, 0.6) is 0 Å². The number of rotatable bonds is 6. The molecule has 0 aromatic heterocycles. The second-order valence-corrected chi connectivity index (χ2v) is 6.34. The lowest BCUT2D eigenvalue weighted by Crippen LogP contribution is -2.25. The van der Waals surface area contributed by atoms with Gasteiger partial charge < -0.3 is 10.1 Å². The third-order valence-electron chi connectivity index (χ3n) is 4.65. The number of fused-ring (bicyclic) bond motifs is 1. The van der Waals surface area contributed by atoms with Crippen molar-refractivity contribution >= 4 is 24.1 Å². The van der Waals surface area contributed by atoms with E-state index in [9.17, 15) is 4.79 Å². The smallest absolute Gasteiger partial charge is 0.155 e. The van der Waals surface area contributed by atoms with Gasteiger partial charge in [0.15, 0.2) is 13.1 Å². The Labute approximate surface area is 156 Å². The Kier molecular flexibility index (Phi) is 5.62. The summed E-state index contributed by atoms with van der Waals surface area (Å²) >= 11 is 0. The first-order valence-corrected chi connectivity index (χ1v) is 9.19. The molecule has 1 aromatic rings. The van der Waals surface area contributed by atoms with Crippen LogP contribution < -0.4 is 10.8 Å². The third kappa shape index (κ3) is 3.74. The van der Waals surface area contributed by atoms with Crippen molar-refractivity contribution in [2.45, 2.75) is 33.1 Å². The quantitative estimate of drug-likeness (QED) is 0.488. The molecule has 0 radical (unpaired) electrons. The van der Waals surface area contributed by atoms with E-state index in [2.05, 4.69) is 48.6 Å². The number of allylic oxidation sites excluding steroid dienone is 5. The van der Waals surface area contributed by atoms with Gasteiger partial charge in [0.25, 0.3) is 0 Å². The van der Waals surface area contributed by atoms with Gasteiger partial charge in [0.1, 0.15) is 17.6 Å². The maximum Gasteiger partial charge on any atom is 0.155 e.